The molecule has 0 fully saturated rings. The van der Waals surface area contributed by atoms with E-state index in [2.05, 4.69) is 26.8 Å². The minimum Gasteiger partial charge on any atom is -0.481 e. The highest BCUT2D eigenvalue weighted by molar-refractivity contribution is 9.10. The van der Waals surface area contributed by atoms with E-state index >= 15 is 0 Å². The van der Waals surface area contributed by atoms with Gasteiger partial charge >= 0.3 is 0 Å². The molecule has 0 unspecified atom stereocenters. The molecule has 0 aliphatic heterocycles. The van der Waals surface area contributed by atoms with Crippen LogP contribution in [0.1, 0.15) is 17.3 Å². The monoisotopic (exact) mass is 398 g/mol. The van der Waals surface area contributed by atoms with Crippen LogP contribution >= 0.6 is 15.9 Å². The fourth-order valence-electron chi connectivity index (χ4n) is 1.73. The first-order chi connectivity index (χ1) is 11.4. The molecule has 0 aliphatic rings. The van der Waals surface area contributed by atoms with Gasteiger partial charge < -0.3 is 4.74 Å². The number of carbonyl (C=O) groups excluding carboxylic acids is 2. The van der Waals surface area contributed by atoms with Gasteiger partial charge in [-0.2, -0.15) is 0 Å². The largest absolute Gasteiger partial charge is 0.481 e. The topological polar surface area (TPSA) is 67.4 Å². The Bertz CT molecular complexity index is 753. The second-order valence-electron chi connectivity index (χ2n) is 4.78. The van der Waals surface area contributed by atoms with Crippen LogP contribution in [-0.2, 0) is 4.79 Å². The van der Waals surface area contributed by atoms with Crippen LogP contribution in [0.25, 0.3) is 0 Å². The van der Waals surface area contributed by atoms with Gasteiger partial charge in [-0.1, -0.05) is 0 Å². The van der Waals surface area contributed by atoms with Crippen molar-refractivity contribution in [2.24, 2.45) is 0 Å². The molecule has 2 aromatic rings. The van der Waals surface area contributed by atoms with E-state index < -0.39 is 29.6 Å². The molecule has 2 rings (SSSR count). The van der Waals surface area contributed by atoms with Crippen LogP contribution < -0.4 is 15.6 Å². The molecule has 126 valence electrons. The van der Waals surface area contributed by atoms with Gasteiger partial charge in [0.1, 0.15) is 17.4 Å². The number of hydrogen-bond donors (Lipinski definition) is 2. The van der Waals surface area contributed by atoms with E-state index in [1.807, 2.05) is 0 Å². The fraction of sp³-hybridized carbons (Fsp3) is 0.125. The first-order valence-corrected chi connectivity index (χ1v) is 7.63. The van der Waals surface area contributed by atoms with Gasteiger partial charge in [0.25, 0.3) is 11.8 Å². The number of amides is 2. The number of carbonyl (C=O) groups is 2. The summed E-state index contributed by atoms with van der Waals surface area (Å²) in [5, 5.41) is 0. The first kappa shape index (κ1) is 17.9. The summed E-state index contributed by atoms with van der Waals surface area (Å²) in [6.07, 6.45) is -0.924. The van der Waals surface area contributed by atoms with E-state index in [0.717, 1.165) is 12.1 Å². The molecule has 0 bridgehead atoms. The molecule has 24 heavy (non-hydrogen) atoms. The molecule has 1 atom stereocenters. The quantitative estimate of drug-likeness (QED) is 0.778. The summed E-state index contributed by atoms with van der Waals surface area (Å²) in [6.45, 7) is 1.47. The summed E-state index contributed by atoms with van der Waals surface area (Å²) in [5.74, 6) is -1.83. The SMILES string of the molecule is C[C@@H](Oc1ccc(F)cc1)C(=O)NNC(=O)c1ccc(F)cc1Br. The van der Waals surface area contributed by atoms with Crippen molar-refractivity contribution in [1.82, 2.24) is 10.9 Å². The predicted octanol–water partition coefficient (Wildman–Crippen LogP) is 2.96. The number of benzene rings is 2. The first-order valence-electron chi connectivity index (χ1n) is 6.84. The summed E-state index contributed by atoms with van der Waals surface area (Å²) in [6, 6.07) is 8.71. The van der Waals surface area contributed by atoms with E-state index in [4.69, 9.17) is 4.74 Å². The smallest absolute Gasteiger partial charge is 0.279 e. The van der Waals surface area contributed by atoms with E-state index in [0.29, 0.717) is 5.75 Å². The molecule has 0 radical (unpaired) electrons. The lowest BCUT2D eigenvalue weighted by Gasteiger charge is -2.15. The lowest BCUT2D eigenvalue weighted by atomic mass is 10.2. The Kier molecular flexibility index (Phi) is 5.86. The molecule has 2 aromatic carbocycles. The van der Waals surface area contributed by atoms with Crippen LogP contribution in [0.4, 0.5) is 8.78 Å². The summed E-state index contributed by atoms with van der Waals surface area (Å²) in [4.78, 5) is 23.8. The number of nitrogens with one attached hydrogen (secondary N) is 2. The maximum absolute atomic E-state index is 13.0. The zero-order chi connectivity index (χ0) is 17.7. The Morgan fingerprint density at radius 3 is 2.29 bits per heavy atom. The van der Waals surface area contributed by atoms with Gasteiger partial charge in [-0.05, 0) is 65.3 Å². The highest BCUT2D eigenvalue weighted by Gasteiger charge is 2.17. The maximum atomic E-state index is 13.0. The zero-order valence-corrected chi connectivity index (χ0v) is 14.1. The number of hydrazine groups is 1. The minimum absolute atomic E-state index is 0.156. The van der Waals surface area contributed by atoms with E-state index in [1.54, 1.807) is 0 Å². The molecule has 0 spiro atoms. The Labute approximate surface area is 145 Å². The number of hydrogen-bond acceptors (Lipinski definition) is 3. The Morgan fingerprint density at radius 1 is 1.04 bits per heavy atom. The summed E-state index contributed by atoms with van der Waals surface area (Å²) in [7, 11) is 0. The van der Waals surface area contributed by atoms with Crippen LogP contribution in [0.2, 0.25) is 0 Å². The number of halogens is 3. The molecule has 8 heteroatoms. The Hall–Kier alpha value is -2.48. The van der Waals surface area contributed by atoms with Gasteiger partial charge in [-0.3, -0.25) is 20.4 Å². The summed E-state index contributed by atoms with van der Waals surface area (Å²) >= 11 is 3.06. The van der Waals surface area contributed by atoms with Crippen LogP contribution in [-0.4, -0.2) is 17.9 Å². The van der Waals surface area contributed by atoms with Crippen molar-refractivity contribution in [1.29, 1.82) is 0 Å². The van der Waals surface area contributed by atoms with Crippen molar-refractivity contribution in [3.63, 3.8) is 0 Å². The molecule has 0 aromatic heterocycles. The Morgan fingerprint density at radius 2 is 1.67 bits per heavy atom. The average Bonchev–Trinajstić information content (AvgIpc) is 2.54. The lowest BCUT2D eigenvalue weighted by Crippen LogP contribution is -2.47. The normalized spacial score (nSPS) is 11.5. The second-order valence-corrected chi connectivity index (χ2v) is 5.64. The third-order valence-corrected chi connectivity index (χ3v) is 3.63. The van der Waals surface area contributed by atoms with Crippen molar-refractivity contribution in [3.8, 4) is 5.75 Å². The molecule has 0 heterocycles. The molecular formula is C16H13BrF2N2O3. The fourth-order valence-corrected chi connectivity index (χ4v) is 2.26. The third kappa shape index (κ3) is 4.76. The van der Waals surface area contributed by atoms with Gasteiger partial charge in [-0.25, -0.2) is 8.78 Å². The van der Waals surface area contributed by atoms with E-state index in [1.165, 1.54) is 37.3 Å². The van der Waals surface area contributed by atoms with Crippen LogP contribution in [0.5, 0.6) is 5.75 Å². The van der Waals surface area contributed by atoms with Gasteiger partial charge in [-0.15, -0.1) is 0 Å². The summed E-state index contributed by atoms with van der Waals surface area (Å²) in [5.41, 5.74) is 4.56. The highest BCUT2D eigenvalue weighted by atomic mass is 79.9. The molecule has 0 aliphatic carbocycles. The molecule has 5 nitrogen and oxygen atoms in total. The molecule has 2 N–H and O–H groups in total. The van der Waals surface area contributed by atoms with Gasteiger partial charge in [0, 0.05) is 4.47 Å². The van der Waals surface area contributed by atoms with Crippen molar-refractivity contribution < 1.29 is 23.1 Å². The number of rotatable bonds is 4. The van der Waals surface area contributed by atoms with Crippen molar-refractivity contribution in [2.45, 2.75) is 13.0 Å². The highest BCUT2D eigenvalue weighted by Crippen LogP contribution is 2.17. The minimum atomic E-state index is -0.924. The van der Waals surface area contributed by atoms with E-state index in [-0.39, 0.29) is 10.0 Å². The Balaban J connectivity index is 1.89. The van der Waals surface area contributed by atoms with Crippen LogP contribution in [0, 0.1) is 11.6 Å². The average molecular weight is 399 g/mol. The van der Waals surface area contributed by atoms with Crippen molar-refractivity contribution in [3.05, 3.63) is 64.1 Å². The lowest BCUT2D eigenvalue weighted by molar-refractivity contribution is -0.128. The zero-order valence-electron chi connectivity index (χ0n) is 12.5. The van der Waals surface area contributed by atoms with Crippen molar-refractivity contribution in [2.75, 3.05) is 0 Å². The summed E-state index contributed by atoms with van der Waals surface area (Å²) < 4.78 is 31.4. The van der Waals surface area contributed by atoms with Gasteiger partial charge in [0.05, 0.1) is 5.56 Å². The third-order valence-electron chi connectivity index (χ3n) is 2.97. The number of ether oxygens (including phenoxy) is 1. The maximum Gasteiger partial charge on any atom is 0.279 e. The van der Waals surface area contributed by atoms with Gasteiger partial charge in [0.15, 0.2) is 6.10 Å². The van der Waals surface area contributed by atoms with Gasteiger partial charge in [0.2, 0.25) is 0 Å². The standard InChI is InChI=1S/C16H13BrF2N2O3/c1-9(24-12-5-2-10(18)3-6-12)15(22)20-21-16(23)13-7-4-11(19)8-14(13)17/h2-9H,1H3,(H,20,22)(H,21,23)/t9-/m1/s1. The predicted molar refractivity (Wildman–Crippen MR) is 86.2 cm³/mol. The molecular weight excluding hydrogens is 386 g/mol. The molecule has 0 saturated heterocycles. The van der Waals surface area contributed by atoms with Crippen LogP contribution in [0.15, 0.2) is 46.9 Å². The second kappa shape index (κ2) is 7.87. The van der Waals surface area contributed by atoms with Crippen molar-refractivity contribution >= 4 is 27.7 Å². The van der Waals surface area contributed by atoms with E-state index in [9.17, 15) is 18.4 Å². The van der Waals surface area contributed by atoms with Crippen LogP contribution in [0.3, 0.4) is 0 Å². The molecule has 2 amide bonds. The molecule has 0 saturated carbocycles.